The lowest BCUT2D eigenvalue weighted by Crippen LogP contribution is -2.53. The number of carbonyl (C=O) groups is 3. The van der Waals surface area contributed by atoms with E-state index in [4.69, 9.17) is 4.98 Å². The van der Waals surface area contributed by atoms with Crippen LogP contribution in [0.3, 0.4) is 0 Å². The number of aromatic amines is 1. The van der Waals surface area contributed by atoms with Crippen LogP contribution in [0.25, 0.3) is 22.0 Å². The van der Waals surface area contributed by atoms with Gasteiger partial charge in [0.15, 0.2) is 0 Å². The van der Waals surface area contributed by atoms with Gasteiger partial charge in [0, 0.05) is 86.2 Å². The minimum Gasteiger partial charge on any atom is -0.354 e. The fourth-order valence-corrected chi connectivity index (χ4v) is 9.33. The van der Waals surface area contributed by atoms with Gasteiger partial charge in [0.25, 0.3) is 11.5 Å². The van der Waals surface area contributed by atoms with Crippen molar-refractivity contribution in [3.63, 3.8) is 0 Å². The maximum absolute atomic E-state index is 13.9. The second-order valence-electron chi connectivity index (χ2n) is 17.0. The van der Waals surface area contributed by atoms with Crippen LogP contribution in [0.5, 0.6) is 0 Å². The standard InChI is InChI=1S/C47H57N9O4/c1-5-7-33-22-31(4)51-47(60)40(33)27-49-45(58)39-24-36(25-42-41(39)28-50-56(42)30(2)3)35-10-12-43(48-26-35)55-20-18-54(19-21-55)37-14-16-53(17-15-37)29-32-8-6-9-34(23-32)38-11-13-44(57)52-46(38)59/h6,8-10,12,22-26,28,30,37-38H,5,7,11,13-21,27,29H2,1-4H3,(H,49,58)(H,51,60)(H,52,57,59). The summed E-state index contributed by atoms with van der Waals surface area (Å²) in [4.78, 5) is 66.3. The van der Waals surface area contributed by atoms with Crippen LogP contribution >= 0.6 is 0 Å². The van der Waals surface area contributed by atoms with Gasteiger partial charge >= 0.3 is 0 Å². The molecule has 3 N–H and O–H groups in total. The van der Waals surface area contributed by atoms with E-state index in [1.54, 1.807) is 6.20 Å². The van der Waals surface area contributed by atoms with Crippen LogP contribution in [0.4, 0.5) is 5.82 Å². The topological polar surface area (TPSA) is 149 Å². The quantitative estimate of drug-likeness (QED) is 0.132. The molecule has 3 amide bonds. The molecule has 0 spiro atoms. The number of pyridine rings is 2. The van der Waals surface area contributed by atoms with Crippen molar-refractivity contribution in [2.45, 2.75) is 97.3 Å². The number of likely N-dealkylation sites (tertiary alicyclic amines) is 1. The summed E-state index contributed by atoms with van der Waals surface area (Å²) >= 11 is 0. The number of hydrogen-bond donors (Lipinski definition) is 3. The number of nitrogens with one attached hydrogen (secondary N) is 3. The Morgan fingerprint density at radius 1 is 0.917 bits per heavy atom. The lowest BCUT2D eigenvalue weighted by Gasteiger charge is -2.43. The van der Waals surface area contributed by atoms with Gasteiger partial charge in [-0.1, -0.05) is 37.6 Å². The molecule has 3 aliphatic heterocycles. The fraction of sp³-hybridized carbons (Fsp3) is 0.447. The van der Waals surface area contributed by atoms with Gasteiger partial charge in [-0.05, 0) is 112 Å². The summed E-state index contributed by atoms with van der Waals surface area (Å²) in [7, 11) is 0. The number of piperidine rings is 2. The molecule has 3 aliphatic rings. The van der Waals surface area contributed by atoms with E-state index in [9.17, 15) is 19.2 Å². The zero-order chi connectivity index (χ0) is 41.9. The Morgan fingerprint density at radius 3 is 2.43 bits per heavy atom. The number of rotatable bonds is 12. The normalized spacial score (nSPS) is 18.4. The van der Waals surface area contributed by atoms with E-state index >= 15 is 0 Å². The van der Waals surface area contributed by atoms with Crippen molar-refractivity contribution < 1.29 is 14.4 Å². The maximum Gasteiger partial charge on any atom is 0.253 e. The first-order valence-corrected chi connectivity index (χ1v) is 21.7. The average Bonchev–Trinajstić information content (AvgIpc) is 3.68. The van der Waals surface area contributed by atoms with Gasteiger partial charge in [-0.25, -0.2) is 4.98 Å². The van der Waals surface area contributed by atoms with Crippen molar-refractivity contribution in [3.8, 4) is 11.1 Å². The van der Waals surface area contributed by atoms with Crippen molar-refractivity contribution in [3.05, 3.63) is 111 Å². The molecule has 3 fully saturated rings. The summed E-state index contributed by atoms with van der Waals surface area (Å²) in [6, 6.07) is 19.1. The summed E-state index contributed by atoms with van der Waals surface area (Å²) in [6.07, 6.45) is 8.55. The summed E-state index contributed by atoms with van der Waals surface area (Å²) in [6.45, 7) is 15.0. The van der Waals surface area contributed by atoms with Crippen LogP contribution in [0.15, 0.2) is 71.8 Å². The Bertz CT molecular complexity index is 2420. The van der Waals surface area contributed by atoms with Crippen molar-refractivity contribution >= 4 is 34.4 Å². The first kappa shape index (κ1) is 41.1. The van der Waals surface area contributed by atoms with Gasteiger partial charge in [0.1, 0.15) is 5.82 Å². The summed E-state index contributed by atoms with van der Waals surface area (Å²) in [5.41, 5.74) is 7.60. The predicted molar refractivity (Wildman–Crippen MR) is 234 cm³/mol. The number of aryl methyl sites for hydroxylation is 2. The molecule has 0 radical (unpaired) electrons. The Morgan fingerprint density at radius 2 is 1.72 bits per heavy atom. The highest BCUT2D eigenvalue weighted by Crippen LogP contribution is 2.31. The Balaban J connectivity index is 0.883. The molecule has 1 unspecified atom stereocenters. The second kappa shape index (κ2) is 17.9. The zero-order valence-electron chi connectivity index (χ0n) is 35.3. The summed E-state index contributed by atoms with van der Waals surface area (Å²) in [5.74, 6) is 0.0753. The molecule has 314 valence electrons. The van der Waals surface area contributed by atoms with Crippen LogP contribution in [-0.2, 0) is 29.1 Å². The number of hydrogen-bond acceptors (Lipinski definition) is 9. The Hall–Kier alpha value is -5.66. The minimum atomic E-state index is -0.255. The van der Waals surface area contributed by atoms with Crippen LogP contribution in [-0.4, -0.2) is 92.6 Å². The van der Waals surface area contributed by atoms with Gasteiger partial charge in [-0.15, -0.1) is 0 Å². The number of imide groups is 1. The van der Waals surface area contributed by atoms with Crippen LogP contribution < -0.4 is 21.1 Å². The number of nitrogens with zero attached hydrogens (tertiary/aromatic N) is 6. The number of aromatic nitrogens is 4. The van der Waals surface area contributed by atoms with Crippen LogP contribution in [0, 0.1) is 6.92 Å². The van der Waals surface area contributed by atoms with Crippen molar-refractivity contribution in [1.29, 1.82) is 0 Å². The van der Waals surface area contributed by atoms with E-state index in [1.807, 2.05) is 42.1 Å². The number of anilines is 1. The van der Waals surface area contributed by atoms with Gasteiger partial charge in [-0.2, -0.15) is 5.10 Å². The number of amides is 3. The third kappa shape index (κ3) is 8.92. The molecule has 8 rings (SSSR count). The first-order valence-electron chi connectivity index (χ1n) is 21.7. The third-order valence-corrected chi connectivity index (χ3v) is 12.5. The highest BCUT2D eigenvalue weighted by atomic mass is 16.2. The van der Waals surface area contributed by atoms with Gasteiger partial charge in [0.05, 0.1) is 23.2 Å². The predicted octanol–water partition coefficient (Wildman–Crippen LogP) is 5.87. The van der Waals surface area contributed by atoms with Gasteiger partial charge < -0.3 is 15.2 Å². The molecule has 3 saturated heterocycles. The number of benzene rings is 2. The molecule has 6 heterocycles. The van der Waals surface area contributed by atoms with E-state index in [0.29, 0.717) is 30.0 Å². The molecule has 13 heteroatoms. The number of fused-ring (bicyclic) bond motifs is 1. The maximum atomic E-state index is 13.9. The first-order chi connectivity index (χ1) is 29.0. The third-order valence-electron chi connectivity index (χ3n) is 12.5. The SMILES string of the molecule is CCCc1cc(C)[nH]c(=O)c1CNC(=O)c1cc(-c2ccc(N3CCN(C4CCN(Cc5cccc(C6CCC(=O)NC6=O)c5)CC4)CC3)nc2)cc2c1cnn2C(C)C. The van der Waals surface area contributed by atoms with Crippen molar-refractivity contribution in [2.24, 2.45) is 0 Å². The van der Waals surface area contributed by atoms with E-state index in [0.717, 1.165) is 116 Å². The smallest absolute Gasteiger partial charge is 0.253 e. The molecule has 1 atom stereocenters. The second-order valence-corrected chi connectivity index (χ2v) is 17.0. The molecular formula is C47H57N9O4. The van der Waals surface area contributed by atoms with E-state index in [2.05, 4.69) is 86.5 Å². The van der Waals surface area contributed by atoms with Gasteiger partial charge in [0.2, 0.25) is 11.8 Å². The lowest BCUT2D eigenvalue weighted by atomic mass is 9.89. The lowest BCUT2D eigenvalue weighted by molar-refractivity contribution is -0.134. The van der Waals surface area contributed by atoms with Crippen molar-refractivity contribution in [2.75, 3.05) is 44.2 Å². The molecule has 5 aromatic rings. The number of H-pyrrole nitrogens is 1. The molecule has 0 saturated carbocycles. The van der Waals surface area contributed by atoms with E-state index < -0.39 is 0 Å². The van der Waals surface area contributed by atoms with Crippen molar-refractivity contribution in [1.82, 2.24) is 40.2 Å². The zero-order valence-corrected chi connectivity index (χ0v) is 35.3. The molecule has 60 heavy (non-hydrogen) atoms. The molecule has 3 aromatic heterocycles. The van der Waals surface area contributed by atoms with E-state index in [1.165, 1.54) is 5.56 Å². The average molecular weight is 812 g/mol. The molecule has 0 bridgehead atoms. The summed E-state index contributed by atoms with van der Waals surface area (Å²) < 4.78 is 1.94. The Labute approximate surface area is 351 Å². The Kier molecular flexibility index (Phi) is 12.3. The number of piperazine rings is 1. The summed E-state index contributed by atoms with van der Waals surface area (Å²) in [5, 5.41) is 10.9. The monoisotopic (exact) mass is 811 g/mol. The molecule has 2 aromatic carbocycles. The molecule has 13 nitrogen and oxygen atoms in total. The highest BCUT2D eigenvalue weighted by molar-refractivity contribution is 6.08. The highest BCUT2D eigenvalue weighted by Gasteiger charge is 2.30. The molecule has 0 aliphatic carbocycles. The largest absolute Gasteiger partial charge is 0.354 e. The minimum absolute atomic E-state index is 0.0967. The molecular weight excluding hydrogens is 755 g/mol. The van der Waals surface area contributed by atoms with Crippen LogP contribution in [0.1, 0.15) is 103 Å². The van der Waals surface area contributed by atoms with E-state index in [-0.39, 0.29) is 41.8 Å². The number of carbonyl (C=O) groups excluding carboxylic acids is 3. The van der Waals surface area contributed by atoms with Gasteiger partial charge in [-0.3, -0.25) is 39.0 Å². The van der Waals surface area contributed by atoms with Crippen LogP contribution in [0.2, 0.25) is 0 Å². The fourth-order valence-electron chi connectivity index (χ4n) is 9.33.